The number of aliphatic carboxylic acids is 1. The molecule has 0 spiro atoms. The van der Waals surface area contributed by atoms with Crippen molar-refractivity contribution in [1.82, 2.24) is 10.6 Å². The van der Waals surface area contributed by atoms with E-state index < -0.39 is 24.3 Å². The normalized spacial score (nSPS) is 10.8. The molecule has 0 radical (unpaired) electrons. The first-order valence-electron chi connectivity index (χ1n) is 7.29. The Balaban J connectivity index is 2.24. The summed E-state index contributed by atoms with van der Waals surface area (Å²) in [5.74, 6) is -2.37. The number of carbonyl (C=O) groups is 3. The largest absolute Gasteiger partial charge is 0.480 e. The second-order valence-corrected chi connectivity index (χ2v) is 5.44. The van der Waals surface area contributed by atoms with Gasteiger partial charge >= 0.3 is 5.97 Å². The Morgan fingerprint density at radius 1 is 1.00 bits per heavy atom. The van der Waals surface area contributed by atoms with E-state index in [1.54, 1.807) is 54.6 Å². The smallest absolute Gasteiger partial charge is 0.322 e. The Morgan fingerprint density at radius 3 is 2.24 bits per heavy atom. The number of halogens is 1. The molecular weight excluding hydrogens is 344 g/mol. The van der Waals surface area contributed by atoms with Gasteiger partial charge in [-0.15, -0.1) is 0 Å². The number of carboxylic acid groups (broad SMARTS) is 1. The molecule has 2 rings (SSSR count). The molecule has 6 nitrogen and oxygen atoms in total. The maximum atomic E-state index is 12.3. The van der Waals surface area contributed by atoms with Crippen LogP contribution in [0.1, 0.15) is 15.9 Å². The molecule has 0 saturated heterocycles. The van der Waals surface area contributed by atoms with Crippen LogP contribution in [0, 0.1) is 0 Å². The van der Waals surface area contributed by atoms with Crippen molar-refractivity contribution in [2.75, 3.05) is 6.54 Å². The maximum absolute atomic E-state index is 12.3. The predicted octanol–water partition coefficient (Wildman–Crippen LogP) is 2.31. The molecule has 0 aliphatic heterocycles. The van der Waals surface area contributed by atoms with Crippen LogP contribution < -0.4 is 10.6 Å². The maximum Gasteiger partial charge on any atom is 0.322 e. The highest BCUT2D eigenvalue weighted by molar-refractivity contribution is 6.30. The summed E-state index contributed by atoms with van der Waals surface area (Å²) in [5.41, 5.74) is 0.922. The van der Waals surface area contributed by atoms with Crippen molar-refractivity contribution in [3.05, 3.63) is 76.4 Å². The predicted molar refractivity (Wildman–Crippen MR) is 94.0 cm³/mol. The summed E-state index contributed by atoms with van der Waals surface area (Å²) in [7, 11) is 0. The van der Waals surface area contributed by atoms with Crippen LogP contribution >= 0.6 is 11.6 Å². The lowest BCUT2D eigenvalue weighted by molar-refractivity contribution is -0.137. The summed E-state index contributed by atoms with van der Waals surface area (Å²) < 4.78 is 0. The van der Waals surface area contributed by atoms with E-state index in [9.17, 15) is 14.4 Å². The van der Waals surface area contributed by atoms with E-state index in [1.165, 1.54) is 6.08 Å². The van der Waals surface area contributed by atoms with E-state index in [1.807, 2.05) is 0 Å². The molecule has 0 fully saturated rings. The van der Waals surface area contributed by atoms with E-state index in [4.69, 9.17) is 16.7 Å². The third-order valence-electron chi connectivity index (χ3n) is 3.11. The summed E-state index contributed by atoms with van der Waals surface area (Å²) in [4.78, 5) is 35.1. The molecule has 7 heteroatoms. The fraction of sp³-hybridized carbons (Fsp3) is 0.0556. The van der Waals surface area contributed by atoms with E-state index >= 15 is 0 Å². The third kappa shape index (κ3) is 5.78. The molecule has 2 aromatic carbocycles. The topological polar surface area (TPSA) is 95.5 Å². The fourth-order valence-electron chi connectivity index (χ4n) is 1.92. The molecule has 0 saturated carbocycles. The minimum absolute atomic E-state index is 0.0718. The van der Waals surface area contributed by atoms with Crippen LogP contribution in [0.15, 0.2) is 60.3 Å². The van der Waals surface area contributed by atoms with E-state index in [0.717, 1.165) is 0 Å². The van der Waals surface area contributed by atoms with Crippen LogP contribution in [-0.2, 0) is 9.59 Å². The number of amides is 2. The first-order chi connectivity index (χ1) is 12.0. The third-order valence-corrected chi connectivity index (χ3v) is 3.36. The molecule has 0 atom stereocenters. The van der Waals surface area contributed by atoms with Crippen molar-refractivity contribution in [3.8, 4) is 0 Å². The van der Waals surface area contributed by atoms with E-state index in [0.29, 0.717) is 16.1 Å². The second-order valence-electron chi connectivity index (χ2n) is 5.01. The van der Waals surface area contributed by atoms with Gasteiger partial charge in [-0.2, -0.15) is 0 Å². The van der Waals surface area contributed by atoms with Gasteiger partial charge in [0, 0.05) is 10.6 Å². The number of nitrogens with one attached hydrogen (secondary N) is 2. The van der Waals surface area contributed by atoms with Gasteiger partial charge in [0.15, 0.2) is 0 Å². The lowest BCUT2D eigenvalue weighted by atomic mass is 10.1. The molecule has 2 aromatic rings. The molecule has 0 aromatic heterocycles. The Morgan fingerprint density at radius 2 is 1.64 bits per heavy atom. The Hall–Kier alpha value is -3.12. The lowest BCUT2D eigenvalue weighted by Crippen LogP contribution is -2.37. The van der Waals surface area contributed by atoms with Crippen LogP contribution in [0.3, 0.4) is 0 Å². The molecule has 0 unspecified atom stereocenters. The van der Waals surface area contributed by atoms with Gasteiger partial charge in [-0.1, -0.05) is 41.9 Å². The number of benzene rings is 2. The van der Waals surface area contributed by atoms with Gasteiger partial charge in [0.1, 0.15) is 12.2 Å². The average molecular weight is 359 g/mol. The molecular formula is C18H15ClN2O4. The van der Waals surface area contributed by atoms with Crippen LogP contribution in [0.2, 0.25) is 5.02 Å². The summed E-state index contributed by atoms with van der Waals surface area (Å²) in [6.45, 7) is -0.558. The van der Waals surface area contributed by atoms with E-state index in [-0.39, 0.29) is 5.70 Å². The zero-order valence-electron chi connectivity index (χ0n) is 13.0. The molecule has 0 bridgehead atoms. The lowest BCUT2D eigenvalue weighted by Gasteiger charge is -2.10. The zero-order valence-corrected chi connectivity index (χ0v) is 13.8. The fourth-order valence-corrected chi connectivity index (χ4v) is 2.05. The van der Waals surface area contributed by atoms with Crippen molar-refractivity contribution < 1.29 is 19.5 Å². The molecule has 0 aliphatic rings. The van der Waals surface area contributed by atoms with Gasteiger partial charge in [0.25, 0.3) is 11.8 Å². The van der Waals surface area contributed by atoms with Crippen LogP contribution in [0.25, 0.3) is 6.08 Å². The van der Waals surface area contributed by atoms with Crippen LogP contribution in [-0.4, -0.2) is 29.4 Å². The van der Waals surface area contributed by atoms with Crippen LogP contribution in [0.5, 0.6) is 0 Å². The molecule has 2 amide bonds. The van der Waals surface area contributed by atoms with E-state index in [2.05, 4.69) is 10.6 Å². The number of hydrogen-bond donors (Lipinski definition) is 3. The Labute approximate surface area is 149 Å². The van der Waals surface area contributed by atoms with Gasteiger partial charge in [-0.05, 0) is 35.9 Å². The molecule has 128 valence electrons. The SMILES string of the molecule is O=C(O)CNC(=O)/C(=C\c1ccc(Cl)cc1)NC(=O)c1ccccc1. The summed E-state index contributed by atoms with van der Waals surface area (Å²) in [6, 6.07) is 15.0. The minimum Gasteiger partial charge on any atom is -0.480 e. The molecule has 25 heavy (non-hydrogen) atoms. The zero-order chi connectivity index (χ0) is 18.2. The monoisotopic (exact) mass is 358 g/mol. The molecule has 0 aliphatic carbocycles. The summed E-state index contributed by atoms with van der Waals surface area (Å²) >= 11 is 5.82. The number of carboxylic acids is 1. The highest BCUT2D eigenvalue weighted by Crippen LogP contribution is 2.12. The second kappa shape index (κ2) is 8.65. The summed E-state index contributed by atoms with van der Waals surface area (Å²) in [5, 5.41) is 13.9. The number of rotatable bonds is 6. The van der Waals surface area contributed by atoms with Crippen molar-refractivity contribution in [2.45, 2.75) is 0 Å². The van der Waals surface area contributed by atoms with Crippen molar-refractivity contribution in [2.24, 2.45) is 0 Å². The summed E-state index contributed by atoms with van der Waals surface area (Å²) in [6.07, 6.45) is 1.44. The minimum atomic E-state index is -1.19. The van der Waals surface area contributed by atoms with Crippen molar-refractivity contribution in [1.29, 1.82) is 0 Å². The van der Waals surface area contributed by atoms with Crippen molar-refractivity contribution in [3.63, 3.8) is 0 Å². The average Bonchev–Trinajstić information content (AvgIpc) is 2.61. The first kappa shape index (κ1) is 18.2. The number of hydrogen-bond acceptors (Lipinski definition) is 3. The van der Waals surface area contributed by atoms with Crippen LogP contribution in [0.4, 0.5) is 0 Å². The molecule has 3 N–H and O–H groups in total. The Kier molecular flexibility index (Phi) is 6.31. The highest BCUT2D eigenvalue weighted by Gasteiger charge is 2.15. The quantitative estimate of drug-likeness (QED) is 0.690. The van der Waals surface area contributed by atoms with Crippen molar-refractivity contribution >= 4 is 35.5 Å². The highest BCUT2D eigenvalue weighted by atomic mass is 35.5. The van der Waals surface area contributed by atoms with Gasteiger partial charge in [-0.25, -0.2) is 0 Å². The Bertz CT molecular complexity index is 802. The standard InChI is InChI=1S/C18H15ClN2O4/c19-14-8-6-12(7-9-14)10-15(18(25)20-11-16(22)23)21-17(24)13-4-2-1-3-5-13/h1-10H,11H2,(H,20,25)(H,21,24)(H,22,23)/b15-10+. The van der Waals surface area contributed by atoms with Gasteiger partial charge < -0.3 is 15.7 Å². The molecule has 0 heterocycles. The first-order valence-corrected chi connectivity index (χ1v) is 7.67. The van der Waals surface area contributed by atoms with Gasteiger partial charge in [0.05, 0.1) is 0 Å². The number of carbonyl (C=O) groups excluding carboxylic acids is 2. The van der Waals surface area contributed by atoms with Gasteiger partial charge in [0.2, 0.25) is 0 Å². The van der Waals surface area contributed by atoms with Gasteiger partial charge in [-0.3, -0.25) is 14.4 Å².